The first-order chi connectivity index (χ1) is 15.0. The molecule has 0 unspecified atom stereocenters. The Kier molecular flexibility index (Phi) is 6.75. The third-order valence-electron chi connectivity index (χ3n) is 4.14. The third kappa shape index (κ3) is 5.59. The van der Waals surface area contributed by atoms with Crippen molar-refractivity contribution in [1.29, 1.82) is 0 Å². The van der Waals surface area contributed by atoms with Crippen LogP contribution in [0.1, 0.15) is 17.3 Å². The van der Waals surface area contributed by atoms with E-state index in [2.05, 4.69) is 15.4 Å². The monoisotopic (exact) mass is 479 g/mol. The summed E-state index contributed by atoms with van der Waals surface area (Å²) in [6, 6.07) is 12.2. The van der Waals surface area contributed by atoms with E-state index in [0.717, 1.165) is 24.3 Å². The van der Waals surface area contributed by atoms with Gasteiger partial charge >= 0.3 is 0 Å². The van der Waals surface area contributed by atoms with E-state index in [9.17, 15) is 26.8 Å². The molecule has 166 valence electrons. The van der Waals surface area contributed by atoms with Crippen LogP contribution in [0.3, 0.4) is 0 Å². The summed E-state index contributed by atoms with van der Waals surface area (Å²) >= 11 is 5.63. The Morgan fingerprint density at radius 1 is 0.844 bits per heavy atom. The first-order valence-corrected chi connectivity index (χ1v) is 10.9. The van der Waals surface area contributed by atoms with Gasteiger partial charge in [-0.1, -0.05) is 11.6 Å². The molecule has 11 heteroatoms. The second-order valence-corrected chi connectivity index (χ2v) is 8.68. The van der Waals surface area contributed by atoms with Crippen LogP contribution in [-0.2, 0) is 14.8 Å². The molecule has 3 rings (SSSR count). The Balaban J connectivity index is 1.72. The average Bonchev–Trinajstić information content (AvgIpc) is 2.72. The molecule has 3 N–H and O–H groups in total. The van der Waals surface area contributed by atoms with Crippen LogP contribution in [0.25, 0.3) is 0 Å². The molecule has 0 aliphatic carbocycles. The van der Waals surface area contributed by atoms with Gasteiger partial charge in [0.25, 0.3) is 15.9 Å². The summed E-state index contributed by atoms with van der Waals surface area (Å²) in [5, 5.41) is 4.54. The fourth-order valence-electron chi connectivity index (χ4n) is 2.64. The second-order valence-electron chi connectivity index (χ2n) is 6.59. The van der Waals surface area contributed by atoms with Crippen molar-refractivity contribution >= 4 is 50.5 Å². The Hall–Kier alpha value is -3.50. The van der Waals surface area contributed by atoms with Gasteiger partial charge in [-0.05, 0) is 60.7 Å². The molecular weight excluding hydrogens is 464 g/mol. The lowest BCUT2D eigenvalue weighted by Gasteiger charge is -2.11. The lowest BCUT2D eigenvalue weighted by molar-refractivity contribution is -0.114. The van der Waals surface area contributed by atoms with Gasteiger partial charge in [0.15, 0.2) is 0 Å². The van der Waals surface area contributed by atoms with E-state index >= 15 is 0 Å². The summed E-state index contributed by atoms with van der Waals surface area (Å²) in [5.41, 5.74) is 0.527. The first-order valence-electron chi connectivity index (χ1n) is 9.01. The van der Waals surface area contributed by atoms with Crippen LogP contribution in [0, 0.1) is 11.6 Å². The van der Waals surface area contributed by atoms with Crippen molar-refractivity contribution in [2.24, 2.45) is 0 Å². The van der Waals surface area contributed by atoms with Crippen LogP contribution in [-0.4, -0.2) is 20.2 Å². The second kappa shape index (κ2) is 9.33. The minimum atomic E-state index is -4.02. The van der Waals surface area contributed by atoms with Crippen LogP contribution in [0.15, 0.2) is 65.6 Å². The van der Waals surface area contributed by atoms with Crippen molar-refractivity contribution in [3.63, 3.8) is 0 Å². The molecule has 0 atom stereocenters. The number of carbonyl (C=O) groups is 2. The van der Waals surface area contributed by atoms with E-state index in [1.165, 1.54) is 43.3 Å². The van der Waals surface area contributed by atoms with Crippen molar-refractivity contribution in [2.45, 2.75) is 11.8 Å². The first kappa shape index (κ1) is 23.2. The van der Waals surface area contributed by atoms with Gasteiger partial charge in [-0.25, -0.2) is 17.2 Å². The molecule has 3 aromatic rings. The number of anilines is 3. The number of amides is 2. The van der Waals surface area contributed by atoms with Crippen molar-refractivity contribution in [3.8, 4) is 0 Å². The molecule has 0 radical (unpaired) electrons. The Morgan fingerprint density at radius 2 is 1.47 bits per heavy atom. The van der Waals surface area contributed by atoms with Gasteiger partial charge in [0.1, 0.15) is 11.6 Å². The fraction of sp³-hybridized carbons (Fsp3) is 0.0476. The molecule has 3 aromatic carbocycles. The number of hydrogen-bond donors (Lipinski definition) is 3. The van der Waals surface area contributed by atoms with Crippen LogP contribution in [0.4, 0.5) is 25.8 Å². The smallest absolute Gasteiger partial charge is 0.261 e. The molecule has 0 heterocycles. The molecule has 0 aliphatic heterocycles. The summed E-state index contributed by atoms with van der Waals surface area (Å²) in [4.78, 5) is 23.4. The fourth-order valence-corrected chi connectivity index (χ4v) is 3.97. The Labute approximate surface area is 187 Å². The number of benzene rings is 3. The van der Waals surface area contributed by atoms with Gasteiger partial charge < -0.3 is 10.6 Å². The quantitative estimate of drug-likeness (QED) is 0.479. The van der Waals surface area contributed by atoms with Gasteiger partial charge in [0.05, 0.1) is 15.6 Å². The molecule has 0 aromatic heterocycles. The lowest BCUT2D eigenvalue weighted by Crippen LogP contribution is -2.15. The minimum Gasteiger partial charge on any atom is -0.324 e. The minimum absolute atomic E-state index is 0.0825. The molecule has 32 heavy (non-hydrogen) atoms. The third-order valence-corrected chi connectivity index (χ3v) is 5.80. The Morgan fingerprint density at radius 3 is 2.09 bits per heavy atom. The zero-order chi connectivity index (χ0) is 23.5. The van der Waals surface area contributed by atoms with Crippen molar-refractivity contribution in [1.82, 2.24) is 0 Å². The molecule has 0 saturated carbocycles. The van der Waals surface area contributed by atoms with Crippen molar-refractivity contribution in [3.05, 3.63) is 82.9 Å². The zero-order valence-corrected chi connectivity index (χ0v) is 18.0. The summed E-state index contributed by atoms with van der Waals surface area (Å²) in [5.74, 6) is -2.40. The highest BCUT2D eigenvalue weighted by Crippen LogP contribution is 2.23. The zero-order valence-electron chi connectivity index (χ0n) is 16.4. The van der Waals surface area contributed by atoms with Gasteiger partial charge in [0, 0.05) is 23.9 Å². The SMILES string of the molecule is CC(=O)Nc1cc(NC(=O)c2ccc(NS(=O)(=O)c3ccc(F)c(Cl)c3)cc2)ccc1F. The van der Waals surface area contributed by atoms with Crippen molar-refractivity contribution < 1.29 is 26.8 Å². The predicted molar refractivity (Wildman–Crippen MR) is 117 cm³/mol. The van der Waals surface area contributed by atoms with E-state index < -0.39 is 33.5 Å². The highest BCUT2D eigenvalue weighted by Gasteiger charge is 2.17. The van der Waals surface area contributed by atoms with E-state index in [1.54, 1.807) is 0 Å². The van der Waals surface area contributed by atoms with E-state index in [0.29, 0.717) is 0 Å². The van der Waals surface area contributed by atoms with Gasteiger partial charge in [-0.15, -0.1) is 0 Å². The Bertz CT molecular complexity index is 1300. The molecule has 0 spiro atoms. The molecule has 7 nitrogen and oxygen atoms in total. The summed E-state index contributed by atoms with van der Waals surface area (Å²) in [7, 11) is -4.02. The van der Waals surface area contributed by atoms with Gasteiger partial charge in [-0.3, -0.25) is 14.3 Å². The summed E-state index contributed by atoms with van der Waals surface area (Å²) < 4.78 is 54.2. The standard InChI is InChI=1S/C21H16ClF2N3O4S/c1-12(28)25-20-10-15(6-8-19(20)24)26-21(29)13-2-4-14(5-3-13)27-32(30,31)16-7-9-18(23)17(22)11-16/h2-11,27H,1H3,(H,25,28)(H,26,29). The topological polar surface area (TPSA) is 104 Å². The van der Waals surface area contributed by atoms with Gasteiger partial charge in [0.2, 0.25) is 5.91 Å². The van der Waals surface area contributed by atoms with Crippen LogP contribution in [0.2, 0.25) is 5.02 Å². The summed E-state index contributed by atoms with van der Waals surface area (Å²) in [6.45, 7) is 1.23. The maximum absolute atomic E-state index is 13.7. The number of halogens is 3. The van der Waals surface area contributed by atoms with Crippen LogP contribution in [0.5, 0.6) is 0 Å². The number of hydrogen-bond acceptors (Lipinski definition) is 4. The molecule has 0 bridgehead atoms. The molecular formula is C21H16ClF2N3O4S. The maximum Gasteiger partial charge on any atom is 0.261 e. The lowest BCUT2D eigenvalue weighted by atomic mass is 10.2. The number of sulfonamides is 1. The number of nitrogens with one attached hydrogen (secondary N) is 3. The maximum atomic E-state index is 13.7. The van der Waals surface area contributed by atoms with Crippen LogP contribution >= 0.6 is 11.6 Å². The molecule has 0 aliphatic rings. The molecule has 0 saturated heterocycles. The average molecular weight is 480 g/mol. The highest BCUT2D eigenvalue weighted by atomic mass is 35.5. The van der Waals surface area contributed by atoms with E-state index in [-0.39, 0.29) is 32.5 Å². The molecule has 0 fully saturated rings. The van der Waals surface area contributed by atoms with E-state index in [1.807, 2.05) is 0 Å². The normalized spacial score (nSPS) is 11.0. The van der Waals surface area contributed by atoms with Gasteiger partial charge in [-0.2, -0.15) is 0 Å². The van der Waals surface area contributed by atoms with Crippen molar-refractivity contribution in [2.75, 3.05) is 15.4 Å². The number of carbonyl (C=O) groups excluding carboxylic acids is 2. The largest absolute Gasteiger partial charge is 0.324 e. The highest BCUT2D eigenvalue weighted by molar-refractivity contribution is 7.92. The molecule has 2 amide bonds. The van der Waals surface area contributed by atoms with Crippen LogP contribution < -0.4 is 15.4 Å². The number of rotatable bonds is 6. The van der Waals surface area contributed by atoms with E-state index in [4.69, 9.17) is 11.6 Å². The summed E-state index contributed by atoms with van der Waals surface area (Å²) in [6.07, 6.45) is 0. The predicted octanol–water partition coefficient (Wildman–Crippen LogP) is 4.63.